The molecular formula is C25H27N3O5S. The molecule has 0 radical (unpaired) electrons. The number of nitrogens with one attached hydrogen (secondary N) is 2. The molecule has 1 atom stereocenters. The van der Waals surface area contributed by atoms with E-state index in [0.29, 0.717) is 22.7 Å². The van der Waals surface area contributed by atoms with Crippen LogP contribution >= 0.6 is 0 Å². The zero-order valence-corrected chi connectivity index (χ0v) is 20.0. The highest BCUT2D eigenvalue weighted by molar-refractivity contribution is 7.89. The summed E-state index contributed by atoms with van der Waals surface area (Å²) in [5, 5.41) is 5.45. The summed E-state index contributed by atoms with van der Waals surface area (Å²) in [6, 6.07) is 20.9. The number of anilines is 2. The molecule has 34 heavy (non-hydrogen) atoms. The Balaban J connectivity index is 1.84. The maximum atomic E-state index is 13.3. The Kier molecular flexibility index (Phi) is 8.04. The summed E-state index contributed by atoms with van der Waals surface area (Å²) in [5.74, 6) is 0.0739. The van der Waals surface area contributed by atoms with Gasteiger partial charge in [-0.1, -0.05) is 30.3 Å². The maximum absolute atomic E-state index is 13.3. The molecular weight excluding hydrogens is 454 g/mol. The average molecular weight is 482 g/mol. The second kappa shape index (κ2) is 11.0. The molecule has 0 unspecified atom stereocenters. The largest absolute Gasteiger partial charge is 0.497 e. The van der Waals surface area contributed by atoms with Crippen LogP contribution in [-0.2, 0) is 19.6 Å². The van der Waals surface area contributed by atoms with Crippen molar-refractivity contribution >= 4 is 33.2 Å². The summed E-state index contributed by atoms with van der Waals surface area (Å²) < 4.78 is 33.0. The molecule has 0 aliphatic heterocycles. The first-order valence-electron chi connectivity index (χ1n) is 10.5. The lowest BCUT2D eigenvalue weighted by atomic mass is 10.0. The Bertz CT molecular complexity index is 1230. The molecule has 9 heteroatoms. The smallest absolute Gasteiger partial charge is 0.243 e. The molecule has 3 rings (SSSR count). The van der Waals surface area contributed by atoms with Crippen molar-refractivity contribution in [3.8, 4) is 5.75 Å². The van der Waals surface area contributed by atoms with Crippen LogP contribution in [0, 0.1) is 0 Å². The molecule has 0 saturated carbocycles. The molecule has 178 valence electrons. The second-order valence-corrected chi connectivity index (χ2v) is 9.63. The van der Waals surface area contributed by atoms with Crippen molar-refractivity contribution in [3.63, 3.8) is 0 Å². The lowest BCUT2D eigenvalue weighted by molar-refractivity contribution is -0.117. The highest BCUT2D eigenvalue weighted by Gasteiger charge is 2.31. The SMILES string of the molecule is COc1ccc([C@@H](CC(=O)Nc2ccc(NC(C)=O)cc2)N(C)S(=O)(=O)c2ccccc2)cc1. The quantitative estimate of drug-likeness (QED) is 0.480. The van der Waals surface area contributed by atoms with E-state index in [2.05, 4.69) is 10.6 Å². The first kappa shape index (κ1) is 24.9. The zero-order valence-electron chi connectivity index (χ0n) is 19.2. The first-order chi connectivity index (χ1) is 16.2. The van der Waals surface area contributed by atoms with E-state index in [-0.39, 0.29) is 23.1 Å². The number of hydrogen-bond acceptors (Lipinski definition) is 5. The van der Waals surface area contributed by atoms with E-state index in [9.17, 15) is 18.0 Å². The summed E-state index contributed by atoms with van der Waals surface area (Å²) >= 11 is 0. The number of methoxy groups -OCH3 is 1. The third-order valence-electron chi connectivity index (χ3n) is 5.23. The lowest BCUT2D eigenvalue weighted by Gasteiger charge is -2.28. The molecule has 2 amide bonds. The summed E-state index contributed by atoms with van der Waals surface area (Å²) in [7, 11) is -0.846. The van der Waals surface area contributed by atoms with Crippen molar-refractivity contribution in [2.24, 2.45) is 0 Å². The van der Waals surface area contributed by atoms with E-state index < -0.39 is 16.1 Å². The molecule has 2 N–H and O–H groups in total. The number of carbonyl (C=O) groups excluding carboxylic acids is 2. The second-order valence-electron chi connectivity index (χ2n) is 7.63. The van der Waals surface area contributed by atoms with Gasteiger partial charge in [0.2, 0.25) is 21.8 Å². The predicted molar refractivity (Wildman–Crippen MR) is 131 cm³/mol. The molecule has 0 spiro atoms. The normalized spacial score (nSPS) is 12.1. The molecule has 0 fully saturated rings. The van der Waals surface area contributed by atoms with Crippen LogP contribution in [0.1, 0.15) is 24.9 Å². The Morgan fingerprint density at radius 2 is 1.44 bits per heavy atom. The van der Waals surface area contributed by atoms with Crippen LogP contribution in [-0.4, -0.2) is 38.7 Å². The number of benzene rings is 3. The fraction of sp³-hybridized carbons (Fsp3) is 0.200. The number of rotatable bonds is 9. The van der Waals surface area contributed by atoms with Gasteiger partial charge in [0.25, 0.3) is 0 Å². The van der Waals surface area contributed by atoms with Gasteiger partial charge in [0.15, 0.2) is 0 Å². The van der Waals surface area contributed by atoms with Gasteiger partial charge in [0.1, 0.15) is 5.75 Å². The first-order valence-corrected chi connectivity index (χ1v) is 12.0. The molecule has 0 heterocycles. The van der Waals surface area contributed by atoms with Gasteiger partial charge >= 0.3 is 0 Å². The fourth-order valence-corrected chi connectivity index (χ4v) is 4.80. The predicted octanol–water partition coefficient (Wildman–Crippen LogP) is 4.04. The number of carbonyl (C=O) groups is 2. The highest BCUT2D eigenvalue weighted by atomic mass is 32.2. The lowest BCUT2D eigenvalue weighted by Crippen LogP contribution is -2.33. The zero-order chi connectivity index (χ0) is 24.7. The number of sulfonamides is 1. The fourth-order valence-electron chi connectivity index (χ4n) is 3.44. The van der Waals surface area contributed by atoms with E-state index >= 15 is 0 Å². The number of nitrogens with zero attached hydrogens (tertiary/aromatic N) is 1. The van der Waals surface area contributed by atoms with Crippen molar-refractivity contribution in [2.45, 2.75) is 24.3 Å². The van der Waals surface area contributed by atoms with E-state index in [1.807, 2.05) is 0 Å². The molecule has 3 aromatic carbocycles. The van der Waals surface area contributed by atoms with Crippen LogP contribution in [0.15, 0.2) is 83.8 Å². The average Bonchev–Trinajstić information content (AvgIpc) is 2.83. The van der Waals surface area contributed by atoms with Gasteiger partial charge in [-0.05, 0) is 54.1 Å². The van der Waals surface area contributed by atoms with Gasteiger partial charge in [-0.15, -0.1) is 0 Å². The third-order valence-corrected chi connectivity index (χ3v) is 7.11. The Hall–Kier alpha value is -3.69. The topological polar surface area (TPSA) is 105 Å². The number of amides is 2. The van der Waals surface area contributed by atoms with Gasteiger partial charge in [-0.3, -0.25) is 9.59 Å². The van der Waals surface area contributed by atoms with Crippen molar-refractivity contribution < 1.29 is 22.7 Å². The summed E-state index contributed by atoms with van der Waals surface area (Å²) in [4.78, 5) is 24.2. The van der Waals surface area contributed by atoms with E-state index in [4.69, 9.17) is 4.74 Å². The highest BCUT2D eigenvalue weighted by Crippen LogP contribution is 2.30. The van der Waals surface area contributed by atoms with Crippen LogP contribution in [0.5, 0.6) is 5.75 Å². The summed E-state index contributed by atoms with van der Waals surface area (Å²) in [6.45, 7) is 1.41. The molecule has 0 saturated heterocycles. The van der Waals surface area contributed by atoms with Gasteiger partial charge in [0.05, 0.1) is 18.0 Å². The van der Waals surface area contributed by atoms with Gasteiger partial charge in [-0.25, -0.2) is 8.42 Å². The summed E-state index contributed by atoms with van der Waals surface area (Å²) in [6.07, 6.45) is -0.109. The summed E-state index contributed by atoms with van der Waals surface area (Å²) in [5.41, 5.74) is 1.79. The minimum Gasteiger partial charge on any atom is -0.497 e. The van der Waals surface area contributed by atoms with Gasteiger partial charge in [0, 0.05) is 31.8 Å². The monoisotopic (exact) mass is 481 g/mol. The molecule has 8 nitrogen and oxygen atoms in total. The minimum atomic E-state index is -3.86. The van der Waals surface area contributed by atoms with Gasteiger partial charge < -0.3 is 15.4 Å². The number of ether oxygens (including phenoxy) is 1. The van der Waals surface area contributed by atoms with Crippen LogP contribution in [0.2, 0.25) is 0 Å². The molecule has 0 aliphatic rings. The standard InChI is InChI=1S/C25H27N3O5S/c1-18(29)26-20-11-13-21(14-12-20)27-25(30)17-24(19-9-15-22(33-3)16-10-19)28(2)34(31,32)23-7-5-4-6-8-23/h4-16,24H,17H2,1-3H3,(H,26,29)(H,27,30)/t24-/m1/s1. The van der Waals surface area contributed by atoms with Crippen molar-refractivity contribution in [3.05, 3.63) is 84.4 Å². The number of hydrogen-bond donors (Lipinski definition) is 2. The Morgan fingerprint density at radius 1 is 0.882 bits per heavy atom. The minimum absolute atomic E-state index is 0.109. The molecule has 0 aromatic heterocycles. The van der Waals surface area contributed by atoms with Crippen molar-refractivity contribution in [1.82, 2.24) is 4.31 Å². The van der Waals surface area contributed by atoms with Crippen molar-refractivity contribution in [1.29, 1.82) is 0 Å². The molecule has 3 aromatic rings. The molecule has 0 aliphatic carbocycles. The van der Waals surface area contributed by atoms with Gasteiger partial charge in [-0.2, -0.15) is 4.31 Å². The Morgan fingerprint density at radius 3 is 1.97 bits per heavy atom. The van der Waals surface area contributed by atoms with E-state index in [0.717, 1.165) is 0 Å². The third kappa shape index (κ3) is 6.21. The van der Waals surface area contributed by atoms with Crippen LogP contribution < -0.4 is 15.4 Å². The van der Waals surface area contributed by atoms with Crippen LogP contribution in [0.4, 0.5) is 11.4 Å². The Labute approximate surface area is 199 Å². The van der Waals surface area contributed by atoms with Crippen molar-refractivity contribution in [2.75, 3.05) is 24.8 Å². The maximum Gasteiger partial charge on any atom is 0.243 e. The van der Waals surface area contributed by atoms with E-state index in [1.54, 1.807) is 73.8 Å². The van der Waals surface area contributed by atoms with E-state index in [1.165, 1.54) is 30.4 Å². The molecule has 0 bridgehead atoms. The van der Waals surface area contributed by atoms with Crippen LogP contribution in [0.3, 0.4) is 0 Å². The van der Waals surface area contributed by atoms with Crippen LogP contribution in [0.25, 0.3) is 0 Å².